The summed E-state index contributed by atoms with van der Waals surface area (Å²) in [7, 11) is 1.61. The number of allylic oxidation sites excluding steroid dienone is 1. The lowest BCUT2D eigenvalue weighted by Crippen LogP contribution is -2.53. The van der Waals surface area contributed by atoms with Gasteiger partial charge in [0.05, 0.1) is 30.1 Å². The number of rotatable bonds is 7. The van der Waals surface area contributed by atoms with Gasteiger partial charge >= 0.3 is 0 Å². The number of fused-ring (bicyclic) bond motifs is 1. The zero-order valence-electron chi connectivity index (χ0n) is 22.7. The van der Waals surface area contributed by atoms with Gasteiger partial charge in [-0.3, -0.25) is 14.4 Å². The van der Waals surface area contributed by atoms with E-state index < -0.39 is 34.7 Å². The lowest BCUT2D eigenvalue weighted by Gasteiger charge is -2.39. The number of methoxy groups -OCH3 is 1. The van der Waals surface area contributed by atoms with Gasteiger partial charge in [-0.15, -0.1) is 5.10 Å². The van der Waals surface area contributed by atoms with Gasteiger partial charge in [-0.05, 0) is 58.7 Å². The van der Waals surface area contributed by atoms with E-state index in [0.717, 1.165) is 22.4 Å². The molecule has 3 aliphatic rings. The molecule has 0 aliphatic carbocycles. The Morgan fingerprint density at radius 1 is 1.30 bits per heavy atom. The minimum Gasteiger partial charge on any atom is -0.497 e. The van der Waals surface area contributed by atoms with Crippen molar-refractivity contribution < 1.29 is 23.8 Å². The van der Waals surface area contributed by atoms with Crippen LogP contribution in [-0.4, -0.2) is 57.0 Å². The van der Waals surface area contributed by atoms with Crippen LogP contribution in [0.15, 0.2) is 24.4 Å². The third-order valence-corrected chi connectivity index (χ3v) is 8.34. The average molecular weight is 513 g/mol. The summed E-state index contributed by atoms with van der Waals surface area (Å²) in [6.45, 7) is 11.6. The van der Waals surface area contributed by atoms with Gasteiger partial charge in [-0.2, -0.15) is 0 Å². The highest BCUT2D eigenvalue weighted by Crippen LogP contribution is 2.62. The molecule has 37 heavy (non-hydrogen) atoms. The molecular formula is C28H37FN4O4. The summed E-state index contributed by atoms with van der Waals surface area (Å²) in [6, 6.07) is 3.85. The summed E-state index contributed by atoms with van der Waals surface area (Å²) in [6.07, 6.45) is 4.25. The monoisotopic (exact) mass is 512 g/mol. The summed E-state index contributed by atoms with van der Waals surface area (Å²) in [5.74, 6) is -0.466. The van der Waals surface area contributed by atoms with Crippen molar-refractivity contribution in [3.8, 4) is 5.75 Å². The van der Waals surface area contributed by atoms with E-state index >= 15 is 4.39 Å². The molecule has 1 saturated heterocycles. The Kier molecular flexibility index (Phi) is 6.03. The van der Waals surface area contributed by atoms with E-state index in [9.17, 15) is 9.90 Å². The molecule has 0 unspecified atom stereocenters. The number of benzene rings is 1. The number of aromatic nitrogens is 3. The molecule has 3 aliphatic heterocycles. The summed E-state index contributed by atoms with van der Waals surface area (Å²) in [5, 5.41) is 17.4. The number of hydrogen-bond donors (Lipinski definition) is 1. The standard InChI is InChI=1S/C28H37FN4O4/c1-16-14-26(3,4)33-24-20(16)12-19(36-7)13-21(24)28(25(33)35)17(2)23(27(5,6)29)22(37-28)8-10-32-15-18(9-11-34)30-31-32/h12-15,17,22-23,34H,8-11H2,1-7H3/t17-,22+,23-,28+/m0/s1. The van der Waals surface area contributed by atoms with Crippen molar-refractivity contribution in [3.63, 3.8) is 0 Å². The number of ether oxygens (including phenoxy) is 2. The number of amides is 1. The van der Waals surface area contributed by atoms with Crippen LogP contribution in [0.5, 0.6) is 5.75 Å². The smallest absolute Gasteiger partial charge is 0.265 e. The molecule has 1 fully saturated rings. The summed E-state index contributed by atoms with van der Waals surface area (Å²) >= 11 is 0. The van der Waals surface area contributed by atoms with Crippen LogP contribution in [0.4, 0.5) is 10.1 Å². The number of aliphatic hydroxyl groups is 1. The lowest BCUT2D eigenvalue weighted by molar-refractivity contribution is -0.146. The second-order valence-corrected chi connectivity index (χ2v) is 11.7. The Morgan fingerprint density at radius 3 is 2.68 bits per heavy atom. The topological polar surface area (TPSA) is 89.7 Å². The third-order valence-electron chi connectivity index (χ3n) is 8.34. The maximum atomic E-state index is 15.9. The fraction of sp³-hybridized carbons (Fsp3) is 0.607. The minimum absolute atomic E-state index is 0.00324. The molecule has 0 radical (unpaired) electrons. The number of carbonyl (C=O) groups is 1. The van der Waals surface area contributed by atoms with E-state index in [0.29, 0.717) is 30.8 Å². The minimum atomic E-state index is -1.59. The molecule has 9 heteroatoms. The van der Waals surface area contributed by atoms with Crippen molar-refractivity contribution in [2.75, 3.05) is 18.6 Å². The van der Waals surface area contributed by atoms with Crippen LogP contribution in [-0.2, 0) is 28.1 Å². The Morgan fingerprint density at radius 2 is 2.03 bits per heavy atom. The summed E-state index contributed by atoms with van der Waals surface area (Å²) in [4.78, 5) is 16.3. The largest absolute Gasteiger partial charge is 0.497 e. The number of aryl methyl sites for hydroxylation is 1. The summed E-state index contributed by atoms with van der Waals surface area (Å²) < 4.78 is 30.0. The number of hydrogen-bond acceptors (Lipinski definition) is 6. The Bertz CT molecular complexity index is 1260. The predicted octanol–water partition coefficient (Wildman–Crippen LogP) is 4.05. The van der Waals surface area contributed by atoms with E-state index in [-0.39, 0.29) is 12.5 Å². The first kappa shape index (κ1) is 25.9. The van der Waals surface area contributed by atoms with E-state index in [2.05, 4.69) is 16.4 Å². The van der Waals surface area contributed by atoms with Gasteiger partial charge < -0.3 is 14.6 Å². The molecule has 2 aromatic rings. The van der Waals surface area contributed by atoms with Crippen molar-refractivity contribution in [2.24, 2.45) is 11.8 Å². The van der Waals surface area contributed by atoms with Gasteiger partial charge in [-0.1, -0.05) is 18.2 Å². The van der Waals surface area contributed by atoms with Crippen LogP contribution < -0.4 is 9.64 Å². The van der Waals surface area contributed by atoms with Gasteiger partial charge in [0.25, 0.3) is 5.91 Å². The molecule has 200 valence electrons. The molecule has 1 aromatic carbocycles. The molecule has 1 N–H and O–H groups in total. The van der Waals surface area contributed by atoms with Crippen LogP contribution in [0.25, 0.3) is 5.57 Å². The predicted molar refractivity (Wildman–Crippen MR) is 138 cm³/mol. The third kappa shape index (κ3) is 3.81. The number of carbonyl (C=O) groups excluding carboxylic acids is 1. The van der Waals surface area contributed by atoms with Crippen molar-refractivity contribution in [3.05, 3.63) is 41.2 Å². The maximum absolute atomic E-state index is 15.9. The van der Waals surface area contributed by atoms with E-state index in [1.54, 1.807) is 31.8 Å². The zero-order chi connectivity index (χ0) is 26.9. The first-order valence-electron chi connectivity index (χ1n) is 13.0. The zero-order valence-corrected chi connectivity index (χ0v) is 22.7. The number of anilines is 1. The molecule has 8 nitrogen and oxygen atoms in total. The van der Waals surface area contributed by atoms with Gasteiger partial charge in [0.1, 0.15) is 11.4 Å². The first-order valence-corrected chi connectivity index (χ1v) is 13.0. The molecule has 0 saturated carbocycles. The van der Waals surface area contributed by atoms with E-state index in [1.165, 1.54) is 0 Å². The van der Waals surface area contributed by atoms with Crippen LogP contribution in [0.2, 0.25) is 0 Å². The Hall–Kier alpha value is -2.78. The fourth-order valence-electron chi connectivity index (χ4n) is 6.91. The first-order chi connectivity index (χ1) is 17.3. The van der Waals surface area contributed by atoms with E-state index in [1.807, 2.05) is 44.7 Å². The molecular weight excluding hydrogens is 475 g/mol. The fourth-order valence-corrected chi connectivity index (χ4v) is 6.91. The highest BCUT2D eigenvalue weighted by Gasteiger charge is 2.68. The van der Waals surface area contributed by atoms with Gasteiger partial charge in [0.15, 0.2) is 5.60 Å². The Labute approximate surface area is 217 Å². The second-order valence-electron chi connectivity index (χ2n) is 11.7. The van der Waals surface area contributed by atoms with Crippen molar-refractivity contribution in [1.82, 2.24) is 15.0 Å². The van der Waals surface area contributed by atoms with Crippen LogP contribution in [0.3, 0.4) is 0 Å². The molecule has 0 bridgehead atoms. The average Bonchev–Trinajstić information content (AvgIpc) is 3.45. The lowest BCUT2D eigenvalue weighted by atomic mass is 9.71. The maximum Gasteiger partial charge on any atom is 0.265 e. The molecule has 1 spiro atoms. The van der Waals surface area contributed by atoms with E-state index in [4.69, 9.17) is 9.47 Å². The van der Waals surface area contributed by atoms with Crippen molar-refractivity contribution in [2.45, 2.75) is 83.8 Å². The van der Waals surface area contributed by atoms with Crippen LogP contribution >= 0.6 is 0 Å². The van der Waals surface area contributed by atoms with Gasteiger partial charge in [0.2, 0.25) is 0 Å². The number of halogens is 1. The van der Waals surface area contributed by atoms with Gasteiger partial charge in [0, 0.05) is 48.7 Å². The molecule has 5 rings (SSSR count). The quantitative estimate of drug-likeness (QED) is 0.602. The van der Waals surface area contributed by atoms with Crippen LogP contribution in [0.1, 0.15) is 64.8 Å². The van der Waals surface area contributed by atoms with Crippen molar-refractivity contribution in [1.29, 1.82) is 0 Å². The summed E-state index contributed by atoms with van der Waals surface area (Å²) in [5.41, 5.74) is 0.817. The highest BCUT2D eigenvalue weighted by molar-refractivity contribution is 6.12. The molecule has 1 amide bonds. The van der Waals surface area contributed by atoms with Crippen LogP contribution in [0, 0.1) is 11.8 Å². The molecule has 4 atom stereocenters. The second kappa shape index (κ2) is 8.63. The number of alkyl halides is 1. The number of aliphatic hydroxyl groups excluding tert-OH is 1. The SMILES string of the molecule is COc1cc2c3c(c1)[C@@]1(O[C@H](CCn4cc(CCO)nn4)[C@@H](C(C)(C)F)[C@@H]1C)C(=O)N3C(C)(C)C=C2C. The van der Waals surface area contributed by atoms with Gasteiger partial charge in [-0.25, -0.2) is 4.39 Å². The van der Waals surface area contributed by atoms with Crippen molar-refractivity contribution >= 4 is 17.2 Å². The normalized spacial score (nSPS) is 28.1. The molecule has 4 heterocycles. The highest BCUT2D eigenvalue weighted by atomic mass is 19.1. The molecule has 1 aromatic heterocycles. The Balaban J connectivity index is 1.59. The number of nitrogens with zero attached hydrogens (tertiary/aromatic N) is 4.